The van der Waals surface area contributed by atoms with Gasteiger partial charge in [0.15, 0.2) is 6.10 Å². The van der Waals surface area contributed by atoms with E-state index in [1.807, 2.05) is 0 Å². The second-order valence-electron chi connectivity index (χ2n) is 18.5. The van der Waals surface area contributed by atoms with Gasteiger partial charge < -0.3 is 14.2 Å². The van der Waals surface area contributed by atoms with Crippen molar-refractivity contribution in [3.8, 4) is 0 Å². The Bertz CT molecular complexity index is 1060. The highest BCUT2D eigenvalue weighted by molar-refractivity contribution is 5.71. The maximum Gasteiger partial charge on any atom is 0.306 e. The van der Waals surface area contributed by atoms with E-state index in [4.69, 9.17) is 14.2 Å². The molecule has 0 unspecified atom stereocenters. The first kappa shape index (κ1) is 60.6. The minimum absolute atomic E-state index is 0.0746. The molecule has 6 nitrogen and oxygen atoms in total. The van der Waals surface area contributed by atoms with Gasteiger partial charge in [0.1, 0.15) is 13.2 Å². The zero-order valence-corrected chi connectivity index (χ0v) is 42.1. The molecule has 0 radical (unpaired) electrons. The molecule has 0 rings (SSSR count). The molecule has 1 atom stereocenters. The number of hydrogen-bond donors (Lipinski definition) is 0. The monoisotopic (exact) mass is 885 g/mol. The molecule has 0 fully saturated rings. The average molecular weight is 885 g/mol. The molecule has 63 heavy (non-hydrogen) atoms. The number of esters is 3. The van der Waals surface area contributed by atoms with E-state index >= 15 is 0 Å². The van der Waals surface area contributed by atoms with Crippen LogP contribution in [0.1, 0.15) is 290 Å². The van der Waals surface area contributed by atoms with E-state index in [1.165, 1.54) is 154 Å². The lowest BCUT2D eigenvalue weighted by atomic mass is 10.0. The van der Waals surface area contributed by atoms with Crippen LogP contribution in [-0.2, 0) is 28.6 Å². The standard InChI is InChI=1S/C57H104O6/c1-4-7-10-13-16-19-22-25-27-28-30-32-35-38-41-44-47-50-56(59)62-53-54(52-61-55(58)49-46-43-40-37-34-31-24-21-18-15-12-9-6-3)63-57(60)51-48-45-42-39-36-33-29-26-23-20-17-14-11-8-5-2/h8,11,17,20,26,29,54H,4-7,9-10,12-16,18-19,21-25,27-28,30-53H2,1-3H3/b11-8-,20-17-,29-26-/t54-/m0/s1. The molecular weight excluding hydrogens is 781 g/mol. The van der Waals surface area contributed by atoms with E-state index in [9.17, 15) is 14.4 Å². The van der Waals surface area contributed by atoms with E-state index in [0.717, 1.165) is 96.3 Å². The van der Waals surface area contributed by atoms with Crippen LogP contribution in [0.25, 0.3) is 0 Å². The normalized spacial score (nSPS) is 12.2. The molecule has 0 spiro atoms. The summed E-state index contributed by atoms with van der Waals surface area (Å²) in [5.41, 5.74) is 0. The molecule has 368 valence electrons. The summed E-state index contributed by atoms with van der Waals surface area (Å²) in [4.78, 5) is 38.0. The minimum atomic E-state index is -0.776. The second-order valence-corrected chi connectivity index (χ2v) is 18.5. The Kier molecular flexibility index (Phi) is 50.3. The molecule has 0 heterocycles. The van der Waals surface area contributed by atoms with Crippen molar-refractivity contribution in [2.75, 3.05) is 13.2 Å². The fraction of sp³-hybridized carbons (Fsp3) is 0.842. The van der Waals surface area contributed by atoms with Gasteiger partial charge in [0, 0.05) is 19.3 Å². The van der Waals surface area contributed by atoms with Crippen LogP contribution in [0, 0.1) is 0 Å². The summed E-state index contributed by atoms with van der Waals surface area (Å²) in [5, 5.41) is 0. The summed E-state index contributed by atoms with van der Waals surface area (Å²) in [6, 6.07) is 0. The van der Waals surface area contributed by atoms with Crippen molar-refractivity contribution < 1.29 is 28.6 Å². The van der Waals surface area contributed by atoms with E-state index < -0.39 is 6.10 Å². The topological polar surface area (TPSA) is 78.9 Å². The maximum atomic E-state index is 12.8. The Labute approximate surface area is 391 Å². The first-order valence-corrected chi connectivity index (χ1v) is 27.5. The summed E-state index contributed by atoms with van der Waals surface area (Å²) >= 11 is 0. The lowest BCUT2D eigenvalue weighted by Crippen LogP contribution is -2.30. The van der Waals surface area contributed by atoms with Crippen LogP contribution < -0.4 is 0 Å². The first-order chi connectivity index (χ1) is 31.0. The van der Waals surface area contributed by atoms with Crippen molar-refractivity contribution >= 4 is 17.9 Å². The maximum absolute atomic E-state index is 12.8. The molecule has 0 aliphatic rings. The Morgan fingerprint density at radius 3 is 0.968 bits per heavy atom. The van der Waals surface area contributed by atoms with Gasteiger partial charge in [0.2, 0.25) is 0 Å². The molecule has 0 aliphatic carbocycles. The van der Waals surface area contributed by atoms with E-state index in [-0.39, 0.29) is 31.1 Å². The lowest BCUT2D eigenvalue weighted by molar-refractivity contribution is -0.167. The SMILES string of the molecule is CC/C=C\C/C=C\C/C=C\CCCCCCCC(=O)O[C@@H](COC(=O)CCCCCCCCCCCCCCC)COC(=O)CCCCCCCCCCCCCCCCCCC. The highest BCUT2D eigenvalue weighted by Gasteiger charge is 2.19. The molecule has 0 aliphatic heterocycles. The highest BCUT2D eigenvalue weighted by atomic mass is 16.6. The molecule has 0 aromatic carbocycles. The number of ether oxygens (including phenoxy) is 3. The van der Waals surface area contributed by atoms with Crippen LogP contribution in [0.15, 0.2) is 36.5 Å². The number of unbranched alkanes of at least 4 members (excludes halogenated alkanes) is 33. The second kappa shape index (κ2) is 52.3. The predicted octanol–water partition coefficient (Wildman–Crippen LogP) is 18.1. The van der Waals surface area contributed by atoms with Crippen molar-refractivity contribution in [1.29, 1.82) is 0 Å². The average Bonchev–Trinajstić information content (AvgIpc) is 3.28. The van der Waals surface area contributed by atoms with Crippen molar-refractivity contribution in [1.82, 2.24) is 0 Å². The summed E-state index contributed by atoms with van der Waals surface area (Å²) in [6.45, 7) is 6.55. The van der Waals surface area contributed by atoms with Gasteiger partial charge in [-0.05, 0) is 51.4 Å². The summed E-state index contributed by atoms with van der Waals surface area (Å²) < 4.78 is 16.8. The van der Waals surface area contributed by atoms with Gasteiger partial charge in [-0.25, -0.2) is 0 Å². The molecule has 0 aromatic rings. The van der Waals surface area contributed by atoms with E-state index in [0.29, 0.717) is 19.3 Å². The summed E-state index contributed by atoms with van der Waals surface area (Å²) in [6.07, 6.45) is 61.3. The quantitative estimate of drug-likeness (QED) is 0.0262. The van der Waals surface area contributed by atoms with Crippen LogP contribution in [-0.4, -0.2) is 37.2 Å². The number of hydrogen-bond acceptors (Lipinski definition) is 6. The third kappa shape index (κ3) is 50.5. The third-order valence-electron chi connectivity index (χ3n) is 12.2. The highest BCUT2D eigenvalue weighted by Crippen LogP contribution is 2.16. The molecule has 0 N–H and O–H groups in total. The van der Waals surface area contributed by atoms with Gasteiger partial charge in [0.05, 0.1) is 0 Å². The Hall–Kier alpha value is -2.37. The number of carbonyl (C=O) groups excluding carboxylic acids is 3. The van der Waals surface area contributed by atoms with Gasteiger partial charge in [-0.2, -0.15) is 0 Å². The minimum Gasteiger partial charge on any atom is -0.462 e. The van der Waals surface area contributed by atoms with Crippen LogP contribution in [0.4, 0.5) is 0 Å². The van der Waals surface area contributed by atoms with Crippen LogP contribution in [0.5, 0.6) is 0 Å². The predicted molar refractivity (Wildman–Crippen MR) is 270 cm³/mol. The smallest absolute Gasteiger partial charge is 0.306 e. The zero-order chi connectivity index (χ0) is 45.8. The molecule has 0 saturated carbocycles. The molecule has 0 aromatic heterocycles. The largest absolute Gasteiger partial charge is 0.462 e. The number of rotatable bonds is 50. The van der Waals surface area contributed by atoms with Gasteiger partial charge in [0.25, 0.3) is 0 Å². The van der Waals surface area contributed by atoms with Gasteiger partial charge in [-0.1, -0.05) is 256 Å². The van der Waals surface area contributed by atoms with E-state index in [1.54, 1.807) is 0 Å². The Morgan fingerprint density at radius 2 is 0.619 bits per heavy atom. The van der Waals surface area contributed by atoms with Gasteiger partial charge in [-0.3, -0.25) is 14.4 Å². The molecule has 0 saturated heterocycles. The fourth-order valence-electron chi connectivity index (χ4n) is 8.05. The summed E-state index contributed by atoms with van der Waals surface area (Å²) in [7, 11) is 0. The van der Waals surface area contributed by atoms with E-state index in [2.05, 4.69) is 57.2 Å². The first-order valence-electron chi connectivity index (χ1n) is 27.5. The Morgan fingerprint density at radius 1 is 0.333 bits per heavy atom. The lowest BCUT2D eigenvalue weighted by Gasteiger charge is -2.18. The van der Waals surface area contributed by atoms with Crippen molar-refractivity contribution in [2.45, 2.75) is 297 Å². The number of carbonyl (C=O) groups is 3. The Balaban J connectivity index is 4.35. The zero-order valence-electron chi connectivity index (χ0n) is 42.1. The van der Waals surface area contributed by atoms with Crippen molar-refractivity contribution in [2.24, 2.45) is 0 Å². The van der Waals surface area contributed by atoms with Crippen molar-refractivity contribution in [3.63, 3.8) is 0 Å². The molecular formula is C57H104O6. The van der Waals surface area contributed by atoms with Crippen LogP contribution >= 0.6 is 0 Å². The molecule has 6 heteroatoms. The number of allylic oxidation sites excluding steroid dienone is 6. The van der Waals surface area contributed by atoms with Crippen LogP contribution in [0.2, 0.25) is 0 Å². The molecule has 0 bridgehead atoms. The van der Waals surface area contributed by atoms with Gasteiger partial charge >= 0.3 is 17.9 Å². The van der Waals surface area contributed by atoms with Crippen LogP contribution in [0.3, 0.4) is 0 Å². The van der Waals surface area contributed by atoms with Gasteiger partial charge in [-0.15, -0.1) is 0 Å². The third-order valence-corrected chi connectivity index (χ3v) is 12.2. The summed E-state index contributed by atoms with van der Waals surface area (Å²) in [5.74, 6) is -0.875. The molecule has 0 amide bonds. The van der Waals surface area contributed by atoms with Crippen molar-refractivity contribution in [3.05, 3.63) is 36.5 Å². The fourth-order valence-corrected chi connectivity index (χ4v) is 8.05.